The van der Waals surface area contributed by atoms with Crippen molar-refractivity contribution >= 4 is 46.6 Å². The Morgan fingerprint density at radius 2 is 2.17 bits per heavy atom. The molecule has 0 spiro atoms. The molecule has 2 N–H and O–H groups in total. The van der Waals surface area contributed by atoms with Gasteiger partial charge in [-0.1, -0.05) is 56.3 Å². The van der Waals surface area contributed by atoms with E-state index in [1.54, 1.807) is 6.07 Å². The van der Waals surface area contributed by atoms with E-state index in [1.165, 1.54) is 6.21 Å². The van der Waals surface area contributed by atoms with Crippen LogP contribution in [0.4, 0.5) is 0 Å². The van der Waals surface area contributed by atoms with Gasteiger partial charge in [-0.25, -0.2) is 0 Å². The van der Waals surface area contributed by atoms with Gasteiger partial charge in [-0.3, -0.25) is 9.59 Å². The minimum Gasteiger partial charge on any atom is -0.481 e. The second kappa shape index (κ2) is 7.36. The highest BCUT2D eigenvalue weighted by Gasteiger charge is 2.32. The Hall–Kier alpha value is -1.86. The summed E-state index contributed by atoms with van der Waals surface area (Å²) in [6, 6.07) is 5.65. The van der Waals surface area contributed by atoms with Crippen molar-refractivity contribution in [3.8, 4) is 0 Å². The summed E-state index contributed by atoms with van der Waals surface area (Å²) in [5.74, 6) is -1.39. The Morgan fingerprint density at radius 3 is 2.75 bits per heavy atom. The molecule has 24 heavy (non-hydrogen) atoms. The van der Waals surface area contributed by atoms with Crippen LogP contribution in [0.3, 0.4) is 0 Å². The Balaban J connectivity index is 2.06. The van der Waals surface area contributed by atoms with Crippen molar-refractivity contribution in [2.45, 2.75) is 37.9 Å². The number of carbonyl (C=O) groups is 2. The van der Waals surface area contributed by atoms with E-state index in [2.05, 4.69) is 36.3 Å². The zero-order valence-electron chi connectivity index (χ0n) is 13.5. The fraction of sp³-hybridized carbons (Fsp3) is 0.375. The second-order valence-corrected chi connectivity index (χ2v) is 7.93. The van der Waals surface area contributed by atoms with Gasteiger partial charge in [0, 0.05) is 5.02 Å². The molecule has 1 saturated heterocycles. The first kappa shape index (κ1) is 18.5. The summed E-state index contributed by atoms with van der Waals surface area (Å²) in [6.07, 6.45) is 1.28. The molecular weight excluding hydrogens is 350 g/mol. The predicted octanol–water partition coefficient (Wildman–Crippen LogP) is 3.03. The van der Waals surface area contributed by atoms with Crippen LogP contribution in [0.15, 0.2) is 28.4 Å². The summed E-state index contributed by atoms with van der Waals surface area (Å²) in [5, 5.41) is 19.4. The minimum atomic E-state index is -1.03. The lowest BCUT2D eigenvalue weighted by Crippen LogP contribution is -2.26. The van der Waals surface area contributed by atoms with Gasteiger partial charge in [0.2, 0.25) is 5.91 Å². The molecule has 1 unspecified atom stereocenters. The molecule has 1 fully saturated rings. The first-order chi connectivity index (χ1) is 11.2. The topological polar surface area (TPSA) is 91.1 Å². The molecule has 1 heterocycles. The number of amidine groups is 1. The smallest absolute Gasteiger partial charge is 0.305 e. The lowest BCUT2D eigenvalue weighted by Gasteiger charge is -2.20. The van der Waals surface area contributed by atoms with E-state index in [-0.39, 0.29) is 17.7 Å². The predicted molar refractivity (Wildman–Crippen MR) is 97.0 cm³/mol. The van der Waals surface area contributed by atoms with Gasteiger partial charge in [0.15, 0.2) is 5.17 Å². The van der Waals surface area contributed by atoms with Gasteiger partial charge in [0.1, 0.15) is 5.25 Å². The Kier molecular flexibility index (Phi) is 5.66. The molecule has 0 radical (unpaired) electrons. The lowest BCUT2D eigenvalue weighted by atomic mass is 9.86. The highest BCUT2D eigenvalue weighted by molar-refractivity contribution is 8.15. The normalized spacial score (nSPS) is 19.9. The van der Waals surface area contributed by atoms with Crippen LogP contribution in [-0.4, -0.2) is 33.6 Å². The van der Waals surface area contributed by atoms with Crippen LogP contribution in [0, 0.1) is 0 Å². The van der Waals surface area contributed by atoms with Crippen molar-refractivity contribution in [3.63, 3.8) is 0 Å². The third kappa shape index (κ3) is 4.82. The zero-order valence-corrected chi connectivity index (χ0v) is 15.1. The van der Waals surface area contributed by atoms with Crippen LogP contribution < -0.4 is 5.32 Å². The number of halogens is 1. The van der Waals surface area contributed by atoms with Crippen LogP contribution in [0.5, 0.6) is 0 Å². The number of carboxylic acids is 1. The minimum absolute atomic E-state index is 0.0447. The maximum absolute atomic E-state index is 11.6. The van der Waals surface area contributed by atoms with Gasteiger partial charge in [-0.2, -0.15) is 5.10 Å². The fourth-order valence-electron chi connectivity index (χ4n) is 2.11. The zero-order chi connectivity index (χ0) is 17.9. The molecule has 6 nitrogen and oxygen atoms in total. The van der Waals surface area contributed by atoms with Crippen LogP contribution in [0.1, 0.15) is 38.3 Å². The van der Waals surface area contributed by atoms with Crippen LogP contribution in [0.2, 0.25) is 5.02 Å². The summed E-state index contributed by atoms with van der Waals surface area (Å²) in [7, 11) is 0. The van der Waals surface area contributed by atoms with E-state index in [0.29, 0.717) is 10.2 Å². The first-order valence-electron chi connectivity index (χ1n) is 7.27. The van der Waals surface area contributed by atoms with Crippen molar-refractivity contribution < 1.29 is 14.7 Å². The first-order valence-corrected chi connectivity index (χ1v) is 8.53. The molecule has 8 heteroatoms. The van der Waals surface area contributed by atoms with E-state index >= 15 is 0 Å². The SMILES string of the molecule is CC(C)(C)c1ccc(/C=N/N=C2\NC(=O)C(CC(=O)O)S2)cc1Cl. The molecule has 128 valence electrons. The van der Waals surface area contributed by atoms with Crippen molar-refractivity contribution in [2.24, 2.45) is 10.2 Å². The number of amides is 1. The van der Waals surface area contributed by atoms with Crippen molar-refractivity contribution in [3.05, 3.63) is 34.3 Å². The van der Waals surface area contributed by atoms with Gasteiger partial charge in [0.25, 0.3) is 0 Å². The standard InChI is InChI=1S/C16H18ClN3O3S/c1-16(2,3)10-5-4-9(6-11(10)17)8-18-20-15-19-14(23)12(24-15)7-13(21)22/h4-6,8,12H,7H2,1-3H3,(H,21,22)(H,19,20,23)/b18-8+. The summed E-state index contributed by atoms with van der Waals surface area (Å²) >= 11 is 7.35. The number of rotatable bonds is 4. The number of aliphatic carboxylic acids is 1. The monoisotopic (exact) mass is 367 g/mol. The quantitative estimate of drug-likeness (QED) is 0.632. The van der Waals surface area contributed by atoms with Gasteiger partial charge >= 0.3 is 5.97 Å². The average molecular weight is 368 g/mol. The van der Waals surface area contributed by atoms with E-state index in [4.69, 9.17) is 16.7 Å². The maximum atomic E-state index is 11.6. The fourth-order valence-corrected chi connectivity index (χ4v) is 3.50. The summed E-state index contributed by atoms with van der Waals surface area (Å²) in [5.41, 5.74) is 1.79. The molecule has 1 aromatic rings. The highest BCUT2D eigenvalue weighted by Crippen LogP contribution is 2.29. The molecule has 0 aromatic heterocycles. The molecular formula is C16H18ClN3O3S. The summed E-state index contributed by atoms with van der Waals surface area (Å²) < 4.78 is 0. The number of hydrogen-bond donors (Lipinski definition) is 2. The van der Waals surface area contributed by atoms with Crippen molar-refractivity contribution in [1.82, 2.24) is 5.32 Å². The van der Waals surface area contributed by atoms with Gasteiger partial charge < -0.3 is 10.4 Å². The maximum Gasteiger partial charge on any atom is 0.305 e. The number of carboxylic acid groups (broad SMARTS) is 1. The molecule has 1 amide bonds. The van der Waals surface area contributed by atoms with Gasteiger partial charge in [0.05, 0.1) is 12.6 Å². The van der Waals surface area contributed by atoms with Crippen LogP contribution in [-0.2, 0) is 15.0 Å². The van der Waals surface area contributed by atoms with Crippen molar-refractivity contribution in [2.75, 3.05) is 0 Å². The number of hydrogen-bond acceptors (Lipinski definition) is 5. The molecule has 0 saturated carbocycles. The Morgan fingerprint density at radius 1 is 1.46 bits per heavy atom. The van der Waals surface area contributed by atoms with E-state index < -0.39 is 11.2 Å². The largest absolute Gasteiger partial charge is 0.481 e. The van der Waals surface area contributed by atoms with Crippen LogP contribution in [0.25, 0.3) is 0 Å². The van der Waals surface area contributed by atoms with Crippen molar-refractivity contribution in [1.29, 1.82) is 0 Å². The number of nitrogens with zero attached hydrogens (tertiary/aromatic N) is 2. The third-order valence-electron chi connectivity index (χ3n) is 3.29. The average Bonchev–Trinajstić information content (AvgIpc) is 2.77. The van der Waals surface area contributed by atoms with Gasteiger partial charge in [-0.15, -0.1) is 5.10 Å². The third-order valence-corrected chi connectivity index (χ3v) is 4.68. The van der Waals surface area contributed by atoms with Crippen LogP contribution >= 0.6 is 23.4 Å². The molecule has 1 aliphatic heterocycles. The molecule has 1 aromatic carbocycles. The highest BCUT2D eigenvalue weighted by atomic mass is 35.5. The molecule has 0 bridgehead atoms. The van der Waals surface area contributed by atoms with E-state index in [9.17, 15) is 9.59 Å². The molecule has 1 atom stereocenters. The molecule has 1 aliphatic rings. The number of thioether (sulfide) groups is 1. The van der Waals surface area contributed by atoms with Gasteiger partial charge in [-0.05, 0) is 22.6 Å². The Bertz CT molecular complexity index is 726. The number of nitrogens with one attached hydrogen (secondary N) is 1. The molecule has 2 rings (SSSR count). The van der Waals surface area contributed by atoms with E-state index in [0.717, 1.165) is 22.9 Å². The second-order valence-electron chi connectivity index (χ2n) is 6.33. The summed E-state index contributed by atoms with van der Waals surface area (Å²) in [4.78, 5) is 22.2. The Labute approximate surface area is 149 Å². The lowest BCUT2D eigenvalue weighted by molar-refractivity contribution is -0.138. The molecule has 0 aliphatic carbocycles. The summed E-state index contributed by atoms with van der Waals surface area (Å²) in [6.45, 7) is 6.25. The number of carbonyl (C=O) groups excluding carboxylic acids is 1. The van der Waals surface area contributed by atoms with E-state index in [1.807, 2.05) is 12.1 Å². The number of benzene rings is 1.